The summed E-state index contributed by atoms with van der Waals surface area (Å²) in [5.41, 5.74) is 0.765. The fraction of sp³-hybridized carbons (Fsp3) is 0.0588. The summed E-state index contributed by atoms with van der Waals surface area (Å²) in [6.45, 7) is 0. The molecule has 0 aliphatic rings. The number of hydrogen-bond donors (Lipinski definition) is 1. The summed E-state index contributed by atoms with van der Waals surface area (Å²) in [6, 6.07) is 18.9. The monoisotopic (exact) mass is 296 g/mol. The van der Waals surface area contributed by atoms with Crippen molar-refractivity contribution in [3.8, 4) is 0 Å². The van der Waals surface area contributed by atoms with E-state index in [1.165, 1.54) is 0 Å². The molecule has 0 fully saturated rings. The van der Waals surface area contributed by atoms with Gasteiger partial charge in [0.1, 0.15) is 5.60 Å². The highest BCUT2D eigenvalue weighted by atomic mass is 35.5. The van der Waals surface area contributed by atoms with Crippen LogP contribution < -0.4 is 0 Å². The van der Waals surface area contributed by atoms with Gasteiger partial charge in [0.15, 0.2) is 0 Å². The van der Waals surface area contributed by atoms with Gasteiger partial charge in [-0.05, 0) is 22.7 Å². The predicted octanol–water partition coefficient (Wildman–Crippen LogP) is 3.41. The van der Waals surface area contributed by atoms with Gasteiger partial charge in [-0.3, -0.25) is 0 Å². The molecular formula is C17H13ClN2O. The van der Waals surface area contributed by atoms with Crippen molar-refractivity contribution in [2.24, 2.45) is 0 Å². The second kappa shape index (κ2) is 5.64. The number of aliphatic hydroxyl groups is 1. The third-order valence-electron chi connectivity index (χ3n) is 3.42. The van der Waals surface area contributed by atoms with E-state index in [0.29, 0.717) is 5.56 Å². The van der Waals surface area contributed by atoms with Gasteiger partial charge in [-0.2, -0.15) is 0 Å². The summed E-state index contributed by atoms with van der Waals surface area (Å²) in [6.07, 6.45) is 3.10. The molecule has 1 aromatic heterocycles. The van der Waals surface area contributed by atoms with E-state index in [-0.39, 0.29) is 5.28 Å². The molecular weight excluding hydrogens is 284 g/mol. The molecule has 0 bridgehead atoms. The Morgan fingerprint density at radius 3 is 1.57 bits per heavy atom. The highest BCUT2D eigenvalue weighted by molar-refractivity contribution is 6.28. The molecule has 3 aromatic rings. The van der Waals surface area contributed by atoms with Crippen LogP contribution in [0.2, 0.25) is 5.28 Å². The lowest BCUT2D eigenvalue weighted by Gasteiger charge is -2.29. The van der Waals surface area contributed by atoms with E-state index >= 15 is 0 Å². The predicted molar refractivity (Wildman–Crippen MR) is 82.0 cm³/mol. The summed E-state index contributed by atoms with van der Waals surface area (Å²) in [5, 5.41) is 11.5. The molecule has 4 heteroatoms. The van der Waals surface area contributed by atoms with Crippen LogP contribution in [0.15, 0.2) is 73.1 Å². The Morgan fingerprint density at radius 1 is 0.714 bits per heavy atom. The molecule has 0 atom stereocenters. The van der Waals surface area contributed by atoms with Crippen molar-refractivity contribution in [1.29, 1.82) is 0 Å². The van der Waals surface area contributed by atoms with Crippen molar-refractivity contribution < 1.29 is 5.11 Å². The van der Waals surface area contributed by atoms with Crippen LogP contribution in [0.1, 0.15) is 16.7 Å². The van der Waals surface area contributed by atoms with E-state index in [1.807, 2.05) is 60.7 Å². The van der Waals surface area contributed by atoms with Crippen molar-refractivity contribution in [3.05, 3.63) is 95.0 Å². The summed E-state index contributed by atoms with van der Waals surface area (Å²) in [4.78, 5) is 7.98. The van der Waals surface area contributed by atoms with Gasteiger partial charge in [0, 0.05) is 18.0 Å². The second-order valence-corrected chi connectivity index (χ2v) is 5.02. The van der Waals surface area contributed by atoms with E-state index < -0.39 is 5.60 Å². The van der Waals surface area contributed by atoms with Gasteiger partial charge in [0.05, 0.1) is 0 Å². The van der Waals surface area contributed by atoms with E-state index in [2.05, 4.69) is 9.97 Å². The third kappa shape index (κ3) is 2.53. The molecule has 0 aliphatic carbocycles. The number of rotatable bonds is 3. The van der Waals surface area contributed by atoms with Crippen molar-refractivity contribution in [1.82, 2.24) is 9.97 Å². The van der Waals surface area contributed by atoms with Crippen LogP contribution >= 0.6 is 11.6 Å². The van der Waals surface area contributed by atoms with Crippen LogP contribution in [0.25, 0.3) is 0 Å². The van der Waals surface area contributed by atoms with Crippen LogP contribution in [-0.4, -0.2) is 15.1 Å². The molecule has 104 valence electrons. The number of benzene rings is 2. The molecule has 0 saturated heterocycles. The minimum atomic E-state index is -1.31. The Kier molecular flexibility index (Phi) is 3.69. The smallest absolute Gasteiger partial charge is 0.222 e. The van der Waals surface area contributed by atoms with Crippen LogP contribution in [-0.2, 0) is 5.60 Å². The number of nitrogens with zero attached hydrogens (tertiary/aromatic N) is 2. The van der Waals surface area contributed by atoms with Crippen LogP contribution in [0, 0.1) is 0 Å². The number of halogens is 1. The zero-order valence-corrected chi connectivity index (χ0v) is 11.9. The van der Waals surface area contributed by atoms with Crippen molar-refractivity contribution in [2.45, 2.75) is 5.60 Å². The van der Waals surface area contributed by atoms with Crippen molar-refractivity contribution in [2.75, 3.05) is 0 Å². The molecule has 0 radical (unpaired) electrons. The Labute approximate surface area is 127 Å². The normalized spacial score (nSPS) is 11.3. The van der Waals surface area contributed by atoms with Gasteiger partial charge in [0.25, 0.3) is 0 Å². The molecule has 0 spiro atoms. The van der Waals surface area contributed by atoms with Crippen LogP contribution in [0.4, 0.5) is 0 Å². The van der Waals surface area contributed by atoms with Gasteiger partial charge >= 0.3 is 0 Å². The summed E-state index contributed by atoms with van der Waals surface area (Å²) >= 11 is 5.75. The fourth-order valence-corrected chi connectivity index (χ4v) is 2.46. The molecule has 0 unspecified atom stereocenters. The maximum atomic E-state index is 11.4. The first-order valence-electron chi connectivity index (χ1n) is 6.52. The van der Waals surface area contributed by atoms with E-state index in [4.69, 9.17) is 11.6 Å². The molecule has 0 amide bonds. The third-order valence-corrected chi connectivity index (χ3v) is 3.62. The molecule has 1 N–H and O–H groups in total. The standard InChI is InChI=1S/C17H13ClN2O/c18-16-19-11-15(12-20-16)17(21,13-7-3-1-4-8-13)14-9-5-2-6-10-14/h1-12,21H. The van der Waals surface area contributed by atoms with Gasteiger partial charge in [0.2, 0.25) is 5.28 Å². The lowest BCUT2D eigenvalue weighted by molar-refractivity contribution is 0.125. The topological polar surface area (TPSA) is 46.0 Å². The van der Waals surface area contributed by atoms with E-state index in [0.717, 1.165) is 11.1 Å². The quantitative estimate of drug-likeness (QED) is 0.753. The lowest BCUT2D eigenvalue weighted by atomic mass is 9.82. The maximum absolute atomic E-state index is 11.4. The van der Waals surface area contributed by atoms with Crippen LogP contribution in [0.3, 0.4) is 0 Å². The molecule has 0 aliphatic heterocycles. The molecule has 3 nitrogen and oxygen atoms in total. The first-order valence-corrected chi connectivity index (χ1v) is 6.90. The Balaban J connectivity index is 2.23. The first-order chi connectivity index (χ1) is 10.2. The number of hydrogen-bond acceptors (Lipinski definition) is 3. The summed E-state index contributed by atoms with van der Waals surface area (Å²) < 4.78 is 0. The minimum Gasteiger partial charge on any atom is -0.376 e. The Morgan fingerprint density at radius 2 is 1.14 bits per heavy atom. The average molecular weight is 297 g/mol. The van der Waals surface area contributed by atoms with Crippen LogP contribution in [0.5, 0.6) is 0 Å². The Bertz CT molecular complexity index is 675. The highest BCUT2D eigenvalue weighted by Gasteiger charge is 2.34. The number of aromatic nitrogens is 2. The maximum Gasteiger partial charge on any atom is 0.222 e. The van der Waals surface area contributed by atoms with Gasteiger partial charge in [-0.25, -0.2) is 9.97 Å². The lowest BCUT2D eigenvalue weighted by Crippen LogP contribution is -2.29. The van der Waals surface area contributed by atoms with Gasteiger partial charge < -0.3 is 5.11 Å². The zero-order valence-electron chi connectivity index (χ0n) is 11.1. The molecule has 2 aromatic carbocycles. The molecule has 21 heavy (non-hydrogen) atoms. The average Bonchev–Trinajstić information content (AvgIpc) is 2.56. The van der Waals surface area contributed by atoms with E-state index in [9.17, 15) is 5.11 Å². The fourth-order valence-electron chi connectivity index (χ4n) is 2.36. The van der Waals surface area contributed by atoms with E-state index in [1.54, 1.807) is 12.4 Å². The highest BCUT2D eigenvalue weighted by Crippen LogP contribution is 2.35. The first kappa shape index (κ1) is 13.7. The Hall–Kier alpha value is -2.23. The largest absolute Gasteiger partial charge is 0.376 e. The minimum absolute atomic E-state index is 0.155. The van der Waals surface area contributed by atoms with Crippen molar-refractivity contribution >= 4 is 11.6 Å². The summed E-state index contributed by atoms with van der Waals surface area (Å²) in [5.74, 6) is 0. The zero-order chi connectivity index (χ0) is 14.7. The van der Waals surface area contributed by atoms with Crippen molar-refractivity contribution in [3.63, 3.8) is 0 Å². The molecule has 0 saturated carbocycles. The molecule has 1 heterocycles. The molecule has 3 rings (SSSR count). The SMILES string of the molecule is OC(c1ccccc1)(c1ccccc1)c1cnc(Cl)nc1. The summed E-state index contributed by atoms with van der Waals surface area (Å²) in [7, 11) is 0. The van der Waals surface area contributed by atoms with Gasteiger partial charge in [-0.1, -0.05) is 60.7 Å². The van der Waals surface area contributed by atoms with Gasteiger partial charge in [-0.15, -0.1) is 0 Å². The second-order valence-electron chi connectivity index (χ2n) is 4.68.